The number of rotatable bonds is 7. The number of carbonyl (C=O) groups is 1. The van der Waals surface area contributed by atoms with E-state index in [1.54, 1.807) is 14.2 Å². The van der Waals surface area contributed by atoms with Gasteiger partial charge in [-0.15, -0.1) is 0 Å². The minimum atomic E-state index is 0.0497. The number of benzene rings is 2. The van der Waals surface area contributed by atoms with Crippen molar-refractivity contribution in [2.45, 2.75) is 25.4 Å². The van der Waals surface area contributed by atoms with Gasteiger partial charge >= 0.3 is 0 Å². The molecule has 1 aliphatic heterocycles. The third-order valence-electron chi connectivity index (χ3n) is 5.09. The number of methoxy groups -OCH3 is 2. The molecule has 27 heavy (non-hydrogen) atoms. The molecule has 2 atom stereocenters. The molecule has 0 radical (unpaired) electrons. The van der Waals surface area contributed by atoms with E-state index in [1.807, 2.05) is 42.5 Å². The lowest BCUT2D eigenvalue weighted by Gasteiger charge is -2.23. The minimum Gasteiger partial charge on any atom is -0.497 e. The second-order valence-electron chi connectivity index (χ2n) is 6.79. The van der Waals surface area contributed by atoms with Gasteiger partial charge in [-0.1, -0.05) is 23.7 Å². The Morgan fingerprint density at radius 2 is 1.96 bits per heavy atom. The van der Waals surface area contributed by atoms with Crippen molar-refractivity contribution in [2.75, 3.05) is 27.3 Å². The molecule has 1 amide bonds. The Kier molecular flexibility index (Phi) is 6.58. The van der Waals surface area contributed by atoms with Crippen LogP contribution in [0.1, 0.15) is 30.0 Å². The van der Waals surface area contributed by atoms with Crippen LogP contribution in [-0.4, -0.2) is 33.2 Å². The van der Waals surface area contributed by atoms with Crippen LogP contribution in [0.25, 0.3) is 0 Å². The molecule has 2 aromatic carbocycles. The molecule has 0 aliphatic carbocycles. The Labute approximate surface area is 165 Å². The Morgan fingerprint density at radius 3 is 2.67 bits per heavy atom. The average Bonchev–Trinajstić information content (AvgIpc) is 3.14. The van der Waals surface area contributed by atoms with Crippen molar-refractivity contribution in [1.82, 2.24) is 5.32 Å². The lowest BCUT2D eigenvalue weighted by atomic mass is 10.0. The number of nitrogens with one attached hydrogen (secondary N) is 2. The molecule has 0 spiro atoms. The van der Waals surface area contributed by atoms with E-state index in [-0.39, 0.29) is 11.9 Å². The molecule has 5 nitrogen and oxygen atoms in total. The largest absolute Gasteiger partial charge is 0.497 e. The highest BCUT2D eigenvalue weighted by atomic mass is 35.5. The highest BCUT2D eigenvalue weighted by Gasteiger charge is 2.33. The van der Waals surface area contributed by atoms with Crippen LogP contribution in [0.15, 0.2) is 42.5 Å². The maximum Gasteiger partial charge on any atom is 0.275 e. The predicted octanol–water partition coefficient (Wildman–Crippen LogP) is 2.39. The van der Waals surface area contributed by atoms with Crippen LogP contribution in [0.5, 0.6) is 11.5 Å². The van der Waals surface area contributed by atoms with E-state index in [9.17, 15) is 4.79 Å². The smallest absolute Gasteiger partial charge is 0.275 e. The summed E-state index contributed by atoms with van der Waals surface area (Å²) in [5, 5.41) is 3.71. The van der Waals surface area contributed by atoms with Gasteiger partial charge in [0.15, 0.2) is 6.54 Å². The molecule has 1 aliphatic rings. The topological polar surface area (TPSA) is 52.0 Å². The summed E-state index contributed by atoms with van der Waals surface area (Å²) in [7, 11) is 3.34. The highest BCUT2D eigenvalue weighted by Crippen LogP contribution is 2.31. The van der Waals surface area contributed by atoms with Crippen molar-refractivity contribution < 1.29 is 19.2 Å². The van der Waals surface area contributed by atoms with Crippen molar-refractivity contribution >= 4 is 17.5 Å². The predicted molar refractivity (Wildman–Crippen MR) is 106 cm³/mol. The summed E-state index contributed by atoms with van der Waals surface area (Å²) in [6.45, 7) is 1.93. The second kappa shape index (κ2) is 9.11. The summed E-state index contributed by atoms with van der Waals surface area (Å²) in [5.74, 6) is 1.71. The molecule has 0 bridgehead atoms. The molecule has 1 heterocycles. The molecule has 0 saturated carbocycles. The molecule has 0 aromatic heterocycles. The molecule has 6 heteroatoms. The Balaban J connectivity index is 1.64. The quantitative estimate of drug-likeness (QED) is 0.764. The van der Waals surface area contributed by atoms with Crippen molar-refractivity contribution in [2.24, 2.45) is 0 Å². The summed E-state index contributed by atoms with van der Waals surface area (Å²) in [6, 6.07) is 13.6. The molecule has 144 valence electrons. The van der Waals surface area contributed by atoms with Gasteiger partial charge in [-0.25, -0.2) is 0 Å². The normalized spacial score (nSPS) is 18.9. The molecular formula is C21H26ClN2O3+. The first-order valence-corrected chi connectivity index (χ1v) is 9.56. The van der Waals surface area contributed by atoms with E-state index in [4.69, 9.17) is 21.1 Å². The third kappa shape index (κ3) is 4.93. The highest BCUT2D eigenvalue weighted by molar-refractivity contribution is 6.30. The van der Waals surface area contributed by atoms with E-state index in [2.05, 4.69) is 5.32 Å². The monoisotopic (exact) mass is 389 g/mol. The Morgan fingerprint density at radius 1 is 1.19 bits per heavy atom. The van der Waals surface area contributed by atoms with Gasteiger partial charge in [0.2, 0.25) is 0 Å². The first-order valence-electron chi connectivity index (χ1n) is 9.18. The summed E-state index contributed by atoms with van der Waals surface area (Å²) >= 11 is 5.90. The Hall–Kier alpha value is -2.24. The van der Waals surface area contributed by atoms with Gasteiger partial charge in [0, 0.05) is 24.4 Å². The number of amides is 1. The van der Waals surface area contributed by atoms with Gasteiger partial charge in [-0.05, 0) is 35.9 Å². The molecule has 2 aromatic rings. The first kappa shape index (κ1) is 19.5. The van der Waals surface area contributed by atoms with E-state index in [0.717, 1.165) is 42.0 Å². The van der Waals surface area contributed by atoms with Crippen LogP contribution in [-0.2, 0) is 11.3 Å². The van der Waals surface area contributed by atoms with Crippen LogP contribution in [0.2, 0.25) is 5.02 Å². The second-order valence-corrected chi connectivity index (χ2v) is 7.23. The lowest BCUT2D eigenvalue weighted by Crippen LogP contribution is -3.11. The van der Waals surface area contributed by atoms with Crippen molar-refractivity contribution in [1.29, 1.82) is 0 Å². The molecule has 2 N–H and O–H groups in total. The van der Waals surface area contributed by atoms with Crippen molar-refractivity contribution in [3.63, 3.8) is 0 Å². The van der Waals surface area contributed by atoms with Crippen molar-refractivity contribution in [3.05, 3.63) is 58.6 Å². The van der Waals surface area contributed by atoms with E-state index in [1.165, 1.54) is 4.90 Å². The number of hydrogen-bond donors (Lipinski definition) is 2. The number of carbonyl (C=O) groups excluding carboxylic acids is 1. The van der Waals surface area contributed by atoms with Gasteiger partial charge < -0.3 is 19.7 Å². The standard InChI is InChI=1S/C21H25ClN2O3/c1-26-17-9-10-20(27-2)18(12-17)19-4-3-11-24(19)14-21(25)23-13-15-5-7-16(22)8-6-15/h5-10,12,19H,3-4,11,13-14H2,1-2H3,(H,23,25)/p+1/t19-/m1/s1. The van der Waals surface area contributed by atoms with E-state index >= 15 is 0 Å². The zero-order valence-electron chi connectivity index (χ0n) is 15.8. The molecule has 1 saturated heterocycles. The SMILES string of the molecule is COc1ccc(OC)c([C@H]2CCC[NH+]2CC(=O)NCc2ccc(Cl)cc2)c1. The minimum absolute atomic E-state index is 0.0497. The summed E-state index contributed by atoms with van der Waals surface area (Å²) in [4.78, 5) is 13.7. The summed E-state index contributed by atoms with van der Waals surface area (Å²) in [6.07, 6.45) is 2.12. The van der Waals surface area contributed by atoms with Gasteiger partial charge in [-0.3, -0.25) is 4.79 Å². The Bertz CT molecular complexity index is 779. The number of quaternary nitrogens is 1. The number of halogens is 1. The van der Waals surface area contributed by atoms with Gasteiger partial charge in [0.25, 0.3) is 5.91 Å². The maximum atomic E-state index is 12.5. The van der Waals surface area contributed by atoms with E-state index < -0.39 is 0 Å². The average molecular weight is 390 g/mol. The zero-order chi connectivity index (χ0) is 19.2. The van der Waals surface area contributed by atoms with Gasteiger partial charge in [-0.2, -0.15) is 0 Å². The van der Waals surface area contributed by atoms with Gasteiger partial charge in [0.05, 0.1) is 26.3 Å². The fourth-order valence-electron chi connectivity index (χ4n) is 3.68. The fraction of sp³-hybridized carbons (Fsp3) is 0.381. The van der Waals surface area contributed by atoms with Crippen LogP contribution >= 0.6 is 11.6 Å². The van der Waals surface area contributed by atoms with Crippen LogP contribution in [0.4, 0.5) is 0 Å². The van der Waals surface area contributed by atoms with Gasteiger partial charge in [0.1, 0.15) is 17.5 Å². The third-order valence-corrected chi connectivity index (χ3v) is 5.34. The molecular weight excluding hydrogens is 364 g/mol. The van der Waals surface area contributed by atoms with Crippen molar-refractivity contribution in [3.8, 4) is 11.5 Å². The number of hydrogen-bond acceptors (Lipinski definition) is 3. The molecule has 1 fully saturated rings. The molecule has 3 rings (SSSR count). The molecule has 1 unspecified atom stereocenters. The van der Waals surface area contributed by atoms with Crippen LogP contribution in [0.3, 0.4) is 0 Å². The van der Waals surface area contributed by atoms with Crippen LogP contribution in [0, 0.1) is 0 Å². The number of likely N-dealkylation sites (tertiary alicyclic amines) is 1. The fourth-order valence-corrected chi connectivity index (χ4v) is 3.81. The number of ether oxygens (including phenoxy) is 2. The lowest BCUT2D eigenvalue weighted by molar-refractivity contribution is -0.910. The summed E-state index contributed by atoms with van der Waals surface area (Å²) in [5.41, 5.74) is 2.14. The van der Waals surface area contributed by atoms with E-state index in [0.29, 0.717) is 18.1 Å². The summed E-state index contributed by atoms with van der Waals surface area (Å²) < 4.78 is 10.9. The maximum absolute atomic E-state index is 12.5. The first-order chi connectivity index (χ1) is 13.1. The zero-order valence-corrected chi connectivity index (χ0v) is 16.5. The van der Waals surface area contributed by atoms with Crippen LogP contribution < -0.4 is 19.7 Å².